The van der Waals surface area contributed by atoms with Crippen molar-refractivity contribution in [2.75, 3.05) is 13.2 Å². The van der Waals surface area contributed by atoms with Gasteiger partial charge in [-0.15, -0.1) is 6.42 Å². The fourth-order valence-electron chi connectivity index (χ4n) is 2.99. The largest absolute Gasteiger partial charge is 0.489 e. The molecule has 1 aliphatic rings. The van der Waals surface area contributed by atoms with Crippen molar-refractivity contribution < 1.29 is 14.3 Å². The molecule has 0 saturated carbocycles. The van der Waals surface area contributed by atoms with Crippen LogP contribution in [-0.4, -0.2) is 24.7 Å². The van der Waals surface area contributed by atoms with Crippen LogP contribution in [0.4, 0.5) is 0 Å². The third-order valence-electron chi connectivity index (χ3n) is 4.47. The van der Waals surface area contributed by atoms with Crippen LogP contribution in [0, 0.1) is 24.2 Å². The van der Waals surface area contributed by atoms with Crippen LogP contribution in [0.25, 0.3) is 0 Å². The monoisotopic (exact) mass is 407 g/mol. The van der Waals surface area contributed by atoms with Crippen molar-refractivity contribution in [3.63, 3.8) is 0 Å². The Morgan fingerprint density at radius 2 is 1.84 bits per heavy atom. The van der Waals surface area contributed by atoms with Crippen molar-refractivity contribution >= 4 is 11.6 Å². The molecule has 0 amide bonds. The van der Waals surface area contributed by atoms with Gasteiger partial charge in [0.25, 0.3) is 0 Å². The second-order valence-electron chi connectivity index (χ2n) is 6.65. The Labute approximate surface area is 182 Å². The van der Waals surface area contributed by atoms with E-state index < -0.39 is 0 Å². The molecule has 3 rings (SSSR count). The number of ether oxygens (including phenoxy) is 1. The van der Waals surface area contributed by atoms with Gasteiger partial charge in [-0.25, -0.2) is 0 Å². The van der Waals surface area contributed by atoms with Gasteiger partial charge in [-0.2, -0.15) is 0 Å². The highest BCUT2D eigenvalue weighted by Gasteiger charge is 2.24. The summed E-state index contributed by atoms with van der Waals surface area (Å²) in [4.78, 5) is 24.7. The van der Waals surface area contributed by atoms with E-state index in [1.807, 2.05) is 43.3 Å². The van der Waals surface area contributed by atoms with E-state index in [1.54, 1.807) is 30.3 Å². The van der Waals surface area contributed by atoms with E-state index in [1.165, 1.54) is 6.08 Å². The molecule has 0 heterocycles. The molecular formula is C27H21NO3. The predicted octanol–water partition coefficient (Wildman–Crippen LogP) is 4.11. The van der Waals surface area contributed by atoms with Crippen LogP contribution in [0.3, 0.4) is 0 Å². The van der Waals surface area contributed by atoms with Gasteiger partial charge in [0, 0.05) is 22.8 Å². The Hall–Kier alpha value is -4.28. The summed E-state index contributed by atoms with van der Waals surface area (Å²) in [6, 6.07) is 14.2. The fraction of sp³-hybridized carbons (Fsp3) is 0.111. The van der Waals surface area contributed by atoms with Crippen LogP contribution >= 0.6 is 0 Å². The highest BCUT2D eigenvalue weighted by atomic mass is 16.5. The highest BCUT2D eigenvalue weighted by Crippen LogP contribution is 2.19. The minimum atomic E-state index is -0.199. The lowest BCUT2D eigenvalue weighted by molar-refractivity contribution is 0.0979. The van der Waals surface area contributed by atoms with Crippen molar-refractivity contribution in [3.8, 4) is 29.9 Å². The van der Waals surface area contributed by atoms with E-state index in [4.69, 9.17) is 11.2 Å². The van der Waals surface area contributed by atoms with Gasteiger partial charge in [-0.1, -0.05) is 54.2 Å². The van der Waals surface area contributed by atoms with Crippen LogP contribution in [0.15, 0.2) is 84.1 Å². The van der Waals surface area contributed by atoms with E-state index in [9.17, 15) is 9.59 Å². The lowest BCUT2D eigenvalue weighted by Crippen LogP contribution is -2.27. The SMILES string of the molecule is C#C/C=C(\C=C/C)COc1ccc(C#CCNC2=CC(=O)c3ccccc3C2=O)cc1. The zero-order chi connectivity index (χ0) is 22.1. The van der Waals surface area contributed by atoms with Gasteiger partial charge in [0.05, 0.1) is 12.2 Å². The number of carbonyl (C=O) groups excluding carboxylic acids is 2. The molecule has 0 unspecified atom stereocenters. The molecule has 0 aliphatic heterocycles. The van der Waals surface area contributed by atoms with Gasteiger partial charge in [0.15, 0.2) is 5.78 Å². The molecule has 1 aliphatic carbocycles. The smallest absolute Gasteiger partial charge is 0.209 e. The van der Waals surface area contributed by atoms with E-state index >= 15 is 0 Å². The lowest BCUT2D eigenvalue weighted by atomic mass is 9.93. The fourth-order valence-corrected chi connectivity index (χ4v) is 2.99. The lowest BCUT2D eigenvalue weighted by Gasteiger charge is -2.15. The predicted molar refractivity (Wildman–Crippen MR) is 122 cm³/mol. The molecule has 0 saturated heterocycles. The molecule has 0 atom stereocenters. The average molecular weight is 407 g/mol. The molecule has 2 aromatic rings. The Bertz CT molecular complexity index is 1180. The molecule has 4 nitrogen and oxygen atoms in total. The Morgan fingerprint density at radius 1 is 1.10 bits per heavy atom. The second-order valence-corrected chi connectivity index (χ2v) is 6.65. The second kappa shape index (κ2) is 10.5. The molecule has 0 spiro atoms. The quantitative estimate of drug-likeness (QED) is 0.579. The number of terminal acetylenes is 1. The Balaban J connectivity index is 1.55. The van der Waals surface area contributed by atoms with Gasteiger partial charge in [0.2, 0.25) is 5.78 Å². The zero-order valence-electron chi connectivity index (χ0n) is 17.1. The van der Waals surface area contributed by atoms with Crippen LogP contribution in [0.1, 0.15) is 33.2 Å². The van der Waals surface area contributed by atoms with Crippen molar-refractivity contribution in [2.24, 2.45) is 0 Å². The zero-order valence-corrected chi connectivity index (χ0v) is 17.1. The number of hydrogen-bond acceptors (Lipinski definition) is 4. The number of carbonyl (C=O) groups is 2. The molecule has 1 N–H and O–H groups in total. The first-order valence-corrected chi connectivity index (χ1v) is 9.75. The van der Waals surface area contributed by atoms with Crippen LogP contribution < -0.4 is 10.1 Å². The third-order valence-corrected chi connectivity index (χ3v) is 4.47. The number of fused-ring (bicyclic) bond motifs is 1. The first kappa shape index (κ1) is 21.4. The normalized spacial score (nSPS) is 13.0. The summed E-state index contributed by atoms with van der Waals surface area (Å²) in [7, 11) is 0. The minimum Gasteiger partial charge on any atom is -0.489 e. The maximum atomic E-state index is 12.5. The summed E-state index contributed by atoms with van der Waals surface area (Å²) in [5.41, 5.74) is 2.83. The molecule has 2 aromatic carbocycles. The summed E-state index contributed by atoms with van der Waals surface area (Å²) in [5.74, 6) is 8.82. The van der Waals surface area contributed by atoms with Crippen LogP contribution in [-0.2, 0) is 0 Å². The molecule has 0 fully saturated rings. The molecule has 0 aromatic heterocycles. The first-order valence-electron chi connectivity index (χ1n) is 9.75. The van der Waals surface area contributed by atoms with Crippen LogP contribution in [0.5, 0.6) is 5.75 Å². The van der Waals surface area contributed by atoms with E-state index in [0.717, 1.165) is 11.1 Å². The van der Waals surface area contributed by atoms with Crippen LogP contribution in [0.2, 0.25) is 0 Å². The summed E-state index contributed by atoms with van der Waals surface area (Å²) in [5, 5.41) is 2.94. The number of ketones is 2. The molecule has 0 radical (unpaired) electrons. The van der Waals surface area contributed by atoms with Crippen molar-refractivity contribution in [2.45, 2.75) is 6.92 Å². The first-order chi connectivity index (χ1) is 15.1. The topological polar surface area (TPSA) is 55.4 Å². The third kappa shape index (κ3) is 5.63. The summed E-state index contributed by atoms with van der Waals surface area (Å²) >= 11 is 0. The number of benzene rings is 2. The van der Waals surface area contributed by atoms with Crippen molar-refractivity contribution in [1.29, 1.82) is 0 Å². The Morgan fingerprint density at radius 3 is 2.55 bits per heavy atom. The maximum absolute atomic E-state index is 12.5. The minimum absolute atomic E-state index is 0.184. The summed E-state index contributed by atoms with van der Waals surface area (Å²) in [6.07, 6.45) is 12.1. The van der Waals surface area contributed by atoms with Crippen molar-refractivity contribution in [3.05, 3.63) is 101 Å². The highest BCUT2D eigenvalue weighted by molar-refractivity contribution is 6.24. The van der Waals surface area contributed by atoms with E-state index in [2.05, 4.69) is 23.1 Å². The number of allylic oxidation sites excluding steroid dienone is 4. The molecular weight excluding hydrogens is 386 g/mol. The number of rotatable bonds is 6. The molecule has 4 heteroatoms. The number of nitrogens with one attached hydrogen (secondary N) is 1. The van der Waals surface area contributed by atoms with Crippen molar-refractivity contribution in [1.82, 2.24) is 5.32 Å². The number of hydrogen-bond donors (Lipinski definition) is 1. The average Bonchev–Trinajstić information content (AvgIpc) is 2.79. The van der Waals surface area contributed by atoms with Gasteiger partial charge >= 0.3 is 0 Å². The van der Waals surface area contributed by atoms with Gasteiger partial charge < -0.3 is 10.1 Å². The molecule has 31 heavy (non-hydrogen) atoms. The van der Waals surface area contributed by atoms with E-state index in [-0.39, 0.29) is 23.8 Å². The van der Waals surface area contributed by atoms with E-state index in [0.29, 0.717) is 23.5 Å². The Kier molecular flexibility index (Phi) is 7.25. The molecule has 0 bridgehead atoms. The maximum Gasteiger partial charge on any atom is 0.209 e. The summed E-state index contributed by atoms with van der Waals surface area (Å²) in [6.45, 7) is 2.55. The van der Waals surface area contributed by atoms with Gasteiger partial charge in [0.1, 0.15) is 12.4 Å². The van der Waals surface area contributed by atoms with Gasteiger partial charge in [-0.05, 0) is 42.8 Å². The number of Topliss-reactive ketones (excluding diaryl/α,β-unsaturated/α-hetero) is 1. The van der Waals surface area contributed by atoms with Gasteiger partial charge in [-0.3, -0.25) is 9.59 Å². The summed E-state index contributed by atoms with van der Waals surface area (Å²) < 4.78 is 5.73. The standard InChI is InChI=1S/C27H21NO3/c1-3-8-21(9-4-2)19-31-22-15-13-20(14-16-22)10-7-17-28-25-18-26(29)23-11-5-6-12-24(23)27(25)30/h1,4-6,8-9,11-16,18,28H,17,19H2,2H3/b9-4-,21-8+. The molecule has 152 valence electrons.